The summed E-state index contributed by atoms with van der Waals surface area (Å²) in [6.45, 7) is 2.58. The summed E-state index contributed by atoms with van der Waals surface area (Å²) in [5.74, 6) is -0.250. The van der Waals surface area contributed by atoms with Gasteiger partial charge in [0.25, 0.3) is 0 Å². The van der Waals surface area contributed by atoms with Crippen LogP contribution in [0.1, 0.15) is 36.8 Å². The summed E-state index contributed by atoms with van der Waals surface area (Å²) in [6, 6.07) is 7.96. The summed E-state index contributed by atoms with van der Waals surface area (Å²) in [5.41, 5.74) is 8.28. The molecule has 0 aliphatic rings. The fraction of sp³-hybridized carbons (Fsp3) is 0.533. The Morgan fingerprint density at radius 1 is 1.37 bits per heavy atom. The van der Waals surface area contributed by atoms with Gasteiger partial charge >= 0.3 is 5.97 Å². The lowest BCUT2D eigenvalue weighted by molar-refractivity contribution is -0.141. The van der Waals surface area contributed by atoms with Crippen molar-refractivity contribution in [3.63, 3.8) is 0 Å². The van der Waals surface area contributed by atoms with E-state index >= 15 is 0 Å². The van der Waals surface area contributed by atoms with Crippen LogP contribution in [-0.4, -0.2) is 26.2 Å². The predicted molar refractivity (Wildman–Crippen MR) is 74.8 cm³/mol. The zero-order valence-electron chi connectivity index (χ0n) is 11.9. The molecule has 4 heteroatoms. The van der Waals surface area contributed by atoms with Gasteiger partial charge in [-0.15, -0.1) is 0 Å². The maximum Gasteiger partial charge on any atom is 0.306 e. The van der Waals surface area contributed by atoms with E-state index in [1.54, 1.807) is 7.11 Å². The van der Waals surface area contributed by atoms with E-state index in [2.05, 4.69) is 0 Å². The number of carbonyl (C=O) groups excluding carboxylic acids is 1. The van der Waals surface area contributed by atoms with Crippen molar-refractivity contribution in [2.45, 2.75) is 38.3 Å². The predicted octanol–water partition coefficient (Wildman–Crippen LogP) is 2.22. The number of carbonyl (C=O) groups is 1. The van der Waals surface area contributed by atoms with Crippen molar-refractivity contribution in [2.75, 3.05) is 14.2 Å². The van der Waals surface area contributed by atoms with Crippen molar-refractivity contribution < 1.29 is 14.3 Å². The molecule has 4 nitrogen and oxygen atoms in total. The first-order chi connectivity index (χ1) is 9.12. The lowest BCUT2D eigenvalue weighted by Crippen LogP contribution is -2.29. The minimum Gasteiger partial charge on any atom is -0.469 e. The van der Waals surface area contributed by atoms with Crippen LogP contribution in [0.2, 0.25) is 0 Å². The van der Waals surface area contributed by atoms with Crippen LogP contribution in [0.25, 0.3) is 0 Å². The Balaban J connectivity index is 2.95. The molecule has 19 heavy (non-hydrogen) atoms. The number of methoxy groups -OCH3 is 2. The maximum absolute atomic E-state index is 11.5. The van der Waals surface area contributed by atoms with E-state index in [0.29, 0.717) is 13.0 Å². The highest BCUT2D eigenvalue weighted by atomic mass is 16.5. The minimum atomic E-state index is -0.231. The van der Waals surface area contributed by atoms with E-state index in [4.69, 9.17) is 15.2 Å². The number of hydrogen-bond donors (Lipinski definition) is 1. The van der Waals surface area contributed by atoms with E-state index in [9.17, 15) is 4.79 Å². The summed E-state index contributed by atoms with van der Waals surface area (Å²) in [5, 5.41) is 0. The zero-order chi connectivity index (χ0) is 14.3. The maximum atomic E-state index is 11.5. The molecule has 0 amide bonds. The standard InChI is InChI=1S/C15H23NO3/c1-4-14(16)13(9-15(17)19-3)12-7-5-6-11(8-12)10-18-2/h5-8,13-14H,4,9-10,16H2,1-3H3. The highest BCUT2D eigenvalue weighted by Gasteiger charge is 2.22. The Morgan fingerprint density at radius 3 is 2.68 bits per heavy atom. The summed E-state index contributed by atoms with van der Waals surface area (Å²) >= 11 is 0. The summed E-state index contributed by atoms with van der Waals surface area (Å²) in [4.78, 5) is 11.5. The molecule has 0 heterocycles. The average molecular weight is 265 g/mol. The molecule has 0 aromatic heterocycles. The molecule has 2 N–H and O–H groups in total. The number of hydrogen-bond acceptors (Lipinski definition) is 4. The highest BCUT2D eigenvalue weighted by molar-refractivity contribution is 5.70. The molecule has 2 atom stereocenters. The van der Waals surface area contributed by atoms with Crippen LogP contribution in [0.3, 0.4) is 0 Å². The molecular formula is C15H23NO3. The monoisotopic (exact) mass is 265 g/mol. The van der Waals surface area contributed by atoms with Crippen LogP contribution >= 0.6 is 0 Å². The fourth-order valence-electron chi connectivity index (χ4n) is 2.14. The van der Waals surface area contributed by atoms with Gasteiger partial charge in [-0.25, -0.2) is 0 Å². The van der Waals surface area contributed by atoms with E-state index in [0.717, 1.165) is 17.5 Å². The molecule has 0 saturated carbocycles. The topological polar surface area (TPSA) is 61.6 Å². The molecule has 1 aromatic rings. The summed E-state index contributed by atoms with van der Waals surface area (Å²) < 4.78 is 9.88. The summed E-state index contributed by atoms with van der Waals surface area (Å²) in [7, 11) is 3.06. The van der Waals surface area contributed by atoms with Crippen molar-refractivity contribution in [1.82, 2.24) is 0 Å². The van der Waals surface area contributed by atoms with Crippen molar-refractivity contribution in [1.29, 1.82) is 0 Å². The Morgan fingerprint density at radius 2 is 2.11 bits per heavy atom. The molecule has 2 unspecified atom stereocenters. The van der Waals surface area contributed by atoms with Crippen molar-refractivity contribution in [3.8, 4) is 0 Å². The van der Waals surface area contributed by atoms with Crippen LogP contribution in [-0.2, 0) is 20.9 Å². The summed E-state index contributed by atoms with van der Waals surface area (Å²) in [6.07, 6.45) is 1.12. The molecule has 1 rings (SSSR count). The molecule has 1 aromatic carbocycles. The van der Waals surface area contributed by atoms with E-state index in [-0.39, 0.29) is 17.9 Å². The molecule has 0 saturated heterocycles. The Bertz CT molecular complexity index is 406. The fourth-order valence-corrected chi connectivity index (χ4v) is 2.14. The van der Waals surface area contributed by atoms with E-state index in [1.807, 2.05) is 31.2 Å². The second-order valence-electron chi connectivity index (χ2n) is 4.64. The number of esters is 1. The Labute approximate surface area is 114 Å². The van der Waals surface area contributed by atoms with Gasteiger partial charge in [-0.3, -0.25) is 4.79 Å². The third-order valence-corrected chi connectivity index (χ3v) is 3.29. The average Bonchev–Trinajstić information content (AvgIpc) is 2.44. The second-order valence-corrected chi connectivity index (χ2v) is 4.64. The van der Waals surface area contributed by atoms with Gasteiger partial charge < -0.3 is 15.2 Å². The van der Waals surface area contributed by atoms with Crippen molar-refractivity contribution in [3.05, 3.63) is 35.4 Å². The number of ether oxygens (including phenoxy) is 2. The Kier molecular flexibility index (Phi) is 6.53. The molecule has 0 aliphatic heterocycles. The van der Waals surface area contributed by atoms with Gasteiger partial charge in [-0.1, -0.05) is 31.2 Å². The van der Waals surface area contributed by atoms with Gasteiger partial charge in [0.15, 0.2) is 0 Å². The molecule has 0 aliphatic carbocycles. The quantitative estimate of drug-likeness (QED) is 0.768. The molecule has 0 spiro atoms. The number of rotatable bonds is 7. The van der Waals surface area contributed by atoms with Gasteiger partial charge in [0.2, 0.25) is 0 Å². The Hall–Kier alpha value is -1.39. The first-order valence-corrected chi connectivity index (χ1v) is 6.52. The minimum absolute atomic E-state index is 0.0192. The number of benzene rings is 1. The molecule has 0 bridgehead atoms. The molecule has 0 fully saturated rings. The first kappa shape index (κ1) is 15.7. The number of nitrogens with two attached hydrogens (primary N) is 1. The lowest BCUT2D eigenvalue weighted by atomic mass is 9.87. The van der Waals surface area contributed by atoms with Crippen molar-refractivity contribution >= 4 is 5.97 Å². The highest BCUT2D eigenvalue weighted by Crippen LogP contribution is 2.25. The van der Waals surface area contributed by atoms with Crippen LogP contribution in [0.4, 0.5) is 0 Å². The van der Waals surface area contributed by atoms with Gasteiger partial charge in [0.1, 0.15) is 0 Å². The smallest absolute Gasteiger partial charge is 0.306 e. The zero-order valence-corrected chi connectivity index (χ0v) is 11.9. The van der Waals surface area contributed by atoms with Crippen LogP contribution in [0.5, 0.6) is 0 Å². The molecule has 106 valence electrons. The van der Waals surface area contributed by atoms with Crippen LogP contribution in [0.15, 0.2) is 24.3 Å². The SMILES string of the molecule is CCC(N)C(CC(=O)OC)c1cccc(COC)c1. The van der Waals surface area contributed by atoms with Gasteiger partial charge in [-0.05, 0) is 17.5 Å². The molecular weight excluding hydrogens is 242 g/mol. The third-order valence-electron chi connectivity index (χ3n) is 3.29. The van der Waals surface area contributed by atoms with Gasteiger partial charge in [0.05, 0.1) is 20.1 Å². The van der Waals surface area contributed by atoms with Gasteiger partial charge in [-0.2, -0.15) is 0 Å². The lowest BCUT2D eigenvalue weighted by Gasteiger charge is -2.23. The van der Waals surface area contributed by atoms with Crippen LogP contribution in [0, 0.1) is 0 Å². The third kappa shape index (κ3) is 4.65. The van der Waals surface area contributed by atoms with E-state index in [1.165, 1.54) is 7.11 Å². The first-order valence-electron chi connectivity index (χ1n) is 6.52. The normalized spacial score (nSPS) is 13.9. The van der Waals surface area contributed by atoms with Gasteiger partial charge in [0, 0.05) is 19.1 Å². The largest absolute Gasteiger partial charge is 0.469 e. The van der Waals surface area contributed by atoms with Crippen molar-refractivity contribution in [2.24, 2.45) is 5.73 Å². The van der Waals surface area contributed by atoms with E-state index < -0.39 is 0 Å². The second kappa shape index (κ2) is 7.92. The van der Waals surface area contributed by atoms with Crippen LogP contribution < -0.4 is 5.73 Å². The molecule has 0 radical (unpaired) electrons.